The minimum Gasteiger partial charge on any atom is -0.502 e. The second-order valence-corrected chi connectivity index (χ2v) is 7.21. The molecule has 1 aliphatic rings. The van der Waals surface area contributed by atoms with E-state index >= 15 is 0 Å². The second kappa shape index (κ2) is 9.13. The molecule has 4 aromatic rings. The maximum absolute atomic E-state index is 13.1. The lowest BCUT2D eigenvalue weighted by atomic mass is 10.1. The summed E-state index contributed by atoms with van der Waals surface area (Å²) in [7, 11) is 2.80. The monoisotopic (exact) mass is 494 g/mol. The maximum atomic E-state index is 13.1. The summed E-state index contributed by atoms with van der Waals surface area (Å²) in [5, 5.41) is 29.3. The van der Waals surface area contributed by atoms with Gasteiger partial charge in [0, 0.05) is 11.1 Å². The number of anilines is 1. The number of hydrazone groups is 1. The summed E-state index contributed by atoms with van der Waals surface area (Å²) in [6.07, 6.45) is 1.34. The zero-order valence-electron chi connectivity index (χ0n) is 18.8. The lowest BCUT2D eigenvalue weighted by molar-refractivity contribution is 0.0950. The first-order valence-electron chi connectivity index (χ1n) is 10.2. The van der Waals surface area contributed by atoms with Gasteiger partial charge in [0.15, 0.2) is 28.7 Å². The smallest absolute Gasteiger partial charge is 0.294 e. The first-order chi connectivity index (χ1) is 17.5. The molecule has 0 saturated carbocycles. The largest absolute Gasteiger partial charge is 0.502 e. The molecule has 5 rings (SSSR count). The van der Waals surface area contributed by atoms with Gasteiger partial charge in [-0.05, 0) is 40.6 Å². The van der Waals surface area contributed by atoms with Crippen LogP contribution >= 0.6 is 0 Å². The number of rotatable bonds is 7. The highest BCUT2D eigenvalue weighted by Gasteiger charge is 2.26. The normalized spacial score (nSPS) is 12.2. The number of nitrogens with two attached hydrogens (primary N) is 1. The molecule has 3 heterocycles. The van der Waals surface area contributed by atoms with Crippen molar-refractivity contribution in [1.29, 1.82) is 0 Å². The van der Waals surface area contributed by atoms with E-state index in [-0.39, 0.29) is 47.1 Å². The van der Waals surface area contributed by atoms with Crippen molar-refractivity contribution in [3.05, 3.63) is 41.6 Å². The third-order valence-corrected chi connectivity index (χ3v) is 5.11. The van der Waals surface area contributed by atoms with Crippen LogP contribution in [0.3, 0.4) is 0 Å². The maximum Gasteiger partial charge on any atom is 0.294 e. The lowest BCUT2D eigenvalue weighted by Gasteiger charge is -2.09. The van der Waals surface area contributed by atoms with Crippen LogP contribution in [0.2, 0.25) is 0 Å². The quantitative estimate of drug-likeness (QED) is 0.245. The number of ether oxygens (including phenoxy) is 4. The number of aromatic nitrogens is 5. The van der Waals surface area contributed by atoms with E-state index in [1.165, 1.54) is 37.2 Å². The number of carbonyl (C=O) groups excluding carboxylic acids is 1. The summed E-state index contributed by atoms with van der Waals surface area (Å²) in [5.74, 6) is 0.526. The molecule has 0 saturated heterocycles. The van der Waals surface area contributed by atoms with Crippen molar-refractivity contribution in [3.63, 3.8) is 0 Å². The number of carbonyl (C=O) groups is 1. The van der Waals surface area contributed by atoms with Crippen molar-refractivity contribution < 1.29 is 33.5 Å². The first-order valence-corrected chi connectivity index (χ1v) is 10.2. The van der Waals surface area contributed by atoms with Crippen molar-refractivity contribution in [1.82, 2.24) is 30.7 Å². The molecule has 15 nitrogen and oxygen atoms in total. The minimum absolute atomic E-state index is 0.0426. The van der Waals surface area contributed by atoms with E-state index in [9.17, 15) is 9.90 Å². The molecule has 0 unspecified atom stereocenters. The van der Waals surface area contributed by atoms with Crippen molar-refractivity contribution in [2.24, 2.45) is 5.10 Å². The molecule has 0 aliphatic carbocycles. The molecule has 184 valence electrons. The SMILES string of the molecule is COc1cc(C=NNC(=O)c2nnn(-c3nonc3N)c2-c2ccc3c(c2)OCO3)cc(OC)c1O. The summed E-state index contributed by atoms with van der Waals surface area (Å²) in [4.78, 5) is 13.1. The second-order valence-electron chi connectivity index (χ2n) is 7.21. The molecule has 15 heteroatoms. The fourth-order valence-electron chi connectivity index (χ4n) is 3.43. The molecule has 0 fully saturated rings. The van der Waals surface area contributed by atoms with Crippen LogP contribution in [-0.2, 0) is 0 Å². The van der Waals surface area contributed by atoms with Gasteiger partial charge in [0.25, 0.3) is 5.91 Å². The molecule has 4 N–H and O–H groups in total. The van der Waals surface area contributed by atoms with E-state index in [2.05, 4.69) is 35.8 Å². The Balaban J connectivity index is 1.48. The Labute approximate surface area is 202 Å². The van der Waals surface area contributed by atoms with Gasteiger partial charge in [-0.15, -0.1) is 5.10 Å². The van der Waals surface area contributed by atoms with E-state index in [4.69, 9.17) is 24.7 Å². The van der Waals surface area contributed by atoms with Gasteiger partial charge in [-0.2, -0.15) is 9.78 Å². The van der Waals surface area contributed by atoms with Crippen molar-refractivity contribution in [2.75, 3.05) is 26.7 Å². The Morgan fingerprint density at radius 2 is 1.92 bits per heavy atom. The van der Waals surface area contributed by atoms with Gasteiger partial charge >= 0.3 is 0 Å². The standard InChI is InChI=1S/C21H18N8O7/c1-32-14-5-10(6-15(33-2)18(14)30)8-23-25-21(31)16-17(11-3-4-12-13(7-11)35-9-34-12)29(28-24-16)20-19(22)26-36-27-20/h3-8,30H,9H2,1-2H3,(H2,22,26)(H,25,31). The number of nitrogens with zero attached hydrogens (tertiary/aromatic N) is 6. The average Bonchev–Trinajstić information content (AvgIpc) is 3.63. The topological polar surface area (TPSA) is 194 Å². The third-order valence-electron chi connectivity index (χ3n) is 5.11. The van der Waals surface area contributed by atoms with Gasteiger partial charge in [0.1, 0.15) is 5.69 Å². The molecule has 0 radical (unpaired) electrons. The molecular formula is C21H18N8O7. The fraction of sp³-hybridized carbons (Fsp3) is 0.143. The lowest BCUT2D eigenvalue weighted by Crippen LogP contribution is -2.19. The highest BCUT2D eigenvalue weighted by Crippen LogP contribution is 2.38. The zero-order valence-corrected chi connectivity index (χ0v) is 18.8. The number of hydrogen-bond donors (Lipinski definition) is 3. The predicted octanol–water partition coefficient (Wildman–Crippen LogP) is 1.11. The Hall–Kier alpha value is -5.34. The summed E-state index contributed by atoms with van der Waals surface area (Å²) in [6, 6.07) is 8.08. The minimum atomic E-state index is -0.682. The number of phenols is 1. The van der Waals surface area contributed by atoms with Crippen LogP contribution in [0, 0.1) is 0 Å². The molecule has 1 aliphatic heterocycles. The van der Waals surface area contributed by atoms with Crippen LogP contribution in [0.25, 0.3) is 17.1 Å². The molecule has 2 aromatic carbocycles. The fourth-order valence-corrected chi connectivity index (χ4v) is 3.43. The number of nitrogens with one attached hydrogen (secondary N) is 1. The molecular weight excluding hydrogens is 476 g/mol. The third kappa shape index (κ3) is 3.93. The van der Waals surface area contributed by atoms with Crippen LogP contribution in [-0.4, -0.2) is 63.5 Å². The van der Waals surface area contributed by atoms with Gasteiger partial charge in [-0.1, -0.05) is 5.21 Å². The number of hydrogen-bond acceptors (Lipinski definition) is 13. The van der Waals surface area contributed by atoms with Crippen LogP contribution in [0.4, 0.5) is 5.82 Å². The van der Waals surface area contributed by atoms with Crippen molar-refractivity contribution in [2.45, 2.75) is 0 Å². The Kier molecular flexibility index (Phi) is 5.69. The highest BCUT2D eigenvalue weighted by atomic mass is 16.7. The summed E-state index contributed by atoms with van der Waals surface area (Å²) < 4.78 is 26.9. The van der Waals surface area contributed by atoms with Crippen molar-refractivity contribution in [3.8, 4) is 45.8 Å². The predicted molar refractivity (Wildman–Crippen MR) is 121 cm³/mol. The Bertz CT molecular complexity index is 1450. The summed E-state index contributed by atoms with van der Waals surface area (Å²) in [5.41, 5.74) is 9.37. The first kappa shape index (κ1) is 22.5. The number of methoxy groups -OCH3 is 2. The number of fused-ring (bicyclic) bond motifs is 1. The Morgan fingerprint density at radius 1 is 1.17 bits per heavy atom. The number of benzene rings is 2. The number of aromatic hydroxyl groups is 1. The van der Waals surface area contributed by atoms with E-state index in [0.29, 0.717) is 22.6 Å². The van der Waals surface area contributed by atoms with E-state index in [1.54, 1.807) is 18.2 Å². The zero-order chi connectivity index (χ0) is 25.2. The van der Waals surface area contributed by atoms with Gasteiger partial charge < -0.3 is 29.8 Å². The van der Waals surface area contributed by atoms with E-state index in [1.807, 2.05) is 0 Å². The van der Waals surface area contributed by atoms with Crippen LogP contribution in [0.15, 0.2) is 40.1 Å². The van der Waals surface area contributed by atoms with Gasteiger partial charge in [0.05, 0.1) is 20.4 Å². The molecule has 36 heavy (non-hydrogen) atoms. The van der Waals surface area contributed by atoms with Crippen molar-refractivity contribution >= 4 is 17.9 Å². The molecule has 1 amide bonds. The molecule has 0 spiro atoms. The average molecular weight is 494 g/mol. The van der Waals surface area contributed by atoms with E-state index < -0.39 is 5.91 Å². The highest BCUT2D eigenvalue weighted by molar-refractivity contribution is 5.99. The summed E-state index contributed by atoms with van der Waals surface area (Å²) >= 11 is 0. The molecule has 2 aromatic heterocycles. The van der Waals surface area contributed by atoms with E-state index in [0.717, 1.165) is 0 Å². The number of nitrogen functional groups attached to an aromatic ring is 1. The number of phenolic OH excluding ortho intramolecular Hbond substituents is 1. The summed E-state index contributed by atoms with van der Waals surface area (Å²) in [6.45, 7) is 0.0747. The van der Waals surface area contributed by atoms with Crippen LogP contribution in [0.1, 0.15) is 16.1 Å². The molecule has 0 atom stereocenters. The van der Waals surface area contributed by atoms with Crippen LogP contribution in [0.5, 0.6) is 28.7 Å². The Morgan fingerprint density at radius 3 is 2.61 bits per heavy atom. The molecule has 0 bridgehead atoms. The van der Waals surface area contributed by atoms with Gasteiger partial charge in [-0.25, -0.2) is 10.1 Å². The van der Waals surface area contributed by atoms with Gasteiger partial charge in [-0.3, -0.25) is 4.79 Å². The number of amides is 1. The van der Waals surface area contributed by atoms with Crippen LogP contribution < -0.4 is 30.1 Å². The van der Waals surface area contributed by atoms with Gasteiger partial charge in [0.2, 0.25) is 24.2 Å².